The summed E-state index contributed by atoms with van der Waals surface area (Å²) in [5.74, 6) is -0.457. The van der Waals surface area contributed by atoms with Crippen molar-refractivity contribution in [1.82, 2.24) is 15.0 Å². The SMILES string of the molecule is CCOC(=O)c1nnn(CC2(O)CCCCC2)c1C. The average Bonchev–Trinajstić information content (AvgIpc) is 2.72. The zero-order valence-corrected chi connectivity index (χ0v) is 11.6. The van der Waals surface area contributed by atoms with Crippen molar-refractivity contribution in [2.45, 2.75) is 58.1 Å². The van der Waals surface area contributed by atoms with Gasteiger partial charge in [-0.25, -0.2) is 9.48 Å². The Morgan fingerprint density at radius 2 is 2.11 bits per heavy atom. The summed E-state index contributed by atoms with van der Waals surface area (Å²) in [6.45, 7) is 4.24. The second-order valence-electron chi connectivity index (χ2n) is 5.19. The minimum absolute atomic E-state index is 0.237. The number of aliphatic hydroxyl groups is 1. The molecule has 0 amide bonds. The fourth-order valence-electron chi connectivity index (χ4n) is 2.55. The molecule has 19 heavy (non-hydrogen) atoms. The molecule has 1 aromatic rings. The van der Waals surface area contributed by atoms with E-state index in [-0.39, 0.29) is 5.69 Å². The predicted octanol–water partition coefficient (Wildman–Crippen LogP) is 1.46. The number of esters is 1. The molecular formula is C13H21N3O3. The van der Waals surface area contributed by atoms with Gasteiger partial charge in [-0.1, -0.05) is 24.5 Å². The van der Waals surface area contributed by atoms with Gasteiger partial charge in [0.15, 0.2) is 5.69 Å². The van der Waals surface area contributed by atoms with Gasteiger partial charge in [-0.2, -0.15) is 0 Å². The van der Waals surface area contributed by atoms with Crippen molar-refractivity contribution in [3.63, 3.8) is 0 Å². The van der Waals surface area contributed by atoms with Crippen LogP contribution in [0.2, 0.25) is 0 Å². The fraction of sp³-hybridized carbons (Fsp3) is 0.769. The van der Waals surface area contributed by atoms with E-state index >= 15 is 0 Å². The van der Waals surface area contributed by atoms with Gasteiger partial charge in [0.25, 0.3) is 0 Å². The number of hydrogen-bond donors (Lipinski definition) is 1. The third-order valence-electron chi connectivity index (χ3n) is 3.68. The largest absolute Gasteiger partial charge is 0.461 e. The number of ether oxygens (including phenoxy) is 1. The van der Waals surface area contributed by atoms with Crippen LogP contribution >= 0.6 is 0 Å². The molecular weight excluding hydrogens is 246 g/mol. The molecule has 0 atom stereocenters. The van der Waals surface area contributed by atoms with Gasteiger partial charge in [0.2, 0.25) is 0 Å². The summed E-state index contributed by atoms with van der Waals surface area (Å²) < 4.78 is 6.53. The Kier molecular flexibility index (Phi) is 4.19. The highest BCUT2D eigenvalue weighted by molar-refractivity contribution is 5.88. The number of aromatic nitrogens is 3. The van der Waals surface area contributed by atoms with Gasteiger partial charge < -0.3 is 9.84 Å². The summed E-state index contributed by atoms with van der Waals surface area (Å²) in [7, 11) is 0. The summed E-state index contributed by atoms with van der Waals surface area (Å²) in [6, 6.07) is 0. The maximum absolute atomic E-state index is 11.7. The molecule has 0 aliphatic heterocycles. The Morgan fingerprint density at radius 1 is 1.42 bits per heavy atom. The summed E-state index contributed by atoms with van der Waals surface area (Å²) in [5.41, 5.74) is 0.168. The average molecular weight is 267 g/mol. The molecule has 0 saturated heterocycles. The topological polar surface area (TPSA) is 77.2 Å². The zero-order valence-electron chi connectivity index (χ0n) is 11.6. The van der Waals surface area contributed by atoms with Gasteiger partial charge in [-0.3, -0.25) is 0 Å². The summed E-state index contributed by atoms with van der Waals surface area (Å²) in [6.07, 6.45) is 4.80. The summed E-state index contributed by atoms with van der Waals surface area (Å²) in [5, 5.41) is 18.3. The van der Waals surface area contributed by atoms with E-state index < -0.39 is 11.6 Å². The van der Waals surface area contributed by atoms with Crippen LogP contribution in [0.3, 0.4) is 0 Å². The van der Waals surface area contributed by atoms with Gasteiger partial charge in [-0.15, -0.1) is 5.10 Å². The number of hydrogen-bond acceptors (Lipinski definition) is 5. The first-order valence-electron chi connectivity index (χ1n) is 6.85. The molecule has 0 bridgehead atoms. The minimum Gasteiger partial charge on any atom is -0.461 e. The second kappa shape index (κ2) is 5.69. The predicted molar refractivity (Wildman–Crippen MR) is 68.8 cm³/mol. The van der Waals surface area contributed by atoms with E-state index in [1.54, 1.807) is 18.5 Å². The molecule has 1 N–H and O–H groups in total. The highest BCUT2D eigenvalue weighted by Gasteiger charge is 2.31. The maximum Gasteiger partial charge on any atom is 0.360 e. The lowest BCUT2D eigenvalue weighted by Crippen LogP contribution is -2.37. The molecule has 0 spiro atoms. The molecule has 1 aliphatic carbocycles. The lowest BCUT2D eigenvalue weighted by molar-refractivity contribution is -0.0151. The Hall–Kier alpha value is -1.43. The van der Waals surface area contributed by atoms with Crippen LogP contribution in [0.5, 0.6) is 0 Å². The van der Waals surface area contributed by atoms with E-state index in [1.807, 2.05) is 0 Å². The van der Waals surface area contributed by atoms with Crippen LogP contribution in [0.1, 0.15) is 55.2 Å². The van der Waals surface area contributed by atoms with E-state index in [9.17, 15) is 9.90 Å². The smallest absolute Gasteiger partial charge is 0.360 e. The molecule has 2 rings (SSSR count). The van der Waals surface area contributed by atoms with E-state index in [0.717, 1.165) is 25.7 Å². The molecule has 0 aromatic carbocycles. The summed E-state index contributed by atoms with van der Waals surface area (Å²) >= 11 is 0. The highest BCUT2D eigenvalue weighted by atomic mass is 16.5. The number of rotatable bonds is 4. The van der Waals surface area contributed by atoms with E-state index in [0.29, 0.717) is 18.8 Å². The molecule has 0 unspecified atom stereocenters. The van der Waals surface area contributed by atoms with Gasteiger partial charge >= 0.3 is 5.97 Å². The summed E-state index contributed by atoms with van der Waals surface area (Å²) in [4.78, 5) is 11.7. The van der Waals surface area contributed by atoms with Crippen LogP contribution in [0.15, 0.2) is 0 Å². The third kappa shape index (κ3) is 3.12. The van der Waals surface area contributed by atoms with E-state index in [4.69, 9.17) is 4.74 Å². The van der Waals surface area contributed by atoms with Crippen molar-refractivity contribution in [2.75, 3.05) is 6.61 Å². The van der Waals surface area contributed by atoms with Crippen LogP contribution in [0, 0.1) is 6.92 Å². The van der Waals surface area contributed by atoms with Crippen LogP contribution in [-0.4, -0.2) is 38.3 Å². The van der Waals surface area contributed by atoms with Gasteiger partial charge in [-0.05, 0) is 26.7 Å². The van der Waals surface area contributed by atoms with E-state index in [1.165, 1.54) is 6.42 Å². The molecule has 106 valence electrons. The molecule has 1 aromatic heterocycles. The molecule has 0 radical (unpaired) electrons. The Morgan fingerprint density at radius 3 is 2.74 bits per heavy atom. The number of carbonyl (C=O) groups excluding carboxylic acids is 1. The van der Waals surface area contributed by atoms with Crippen LogP contribution < -0.4 is 0 Å². The zero-order chi connectivity index (χ0) is 13.9. The normalized spacial score (nSPS) is 18.3. The lowest BCUT2D eigenvalue weighted by atomic mass is 9.85. The second-order valence-corrected chi connectivity index (χ2v) is 5.19. The molecule has 1 fully saturated rings. The van der Waals surface area contributed by atoms with Crippen molar-refractivity contribution in [2.24, 2.45) is 0 Å². The van der Waals surface area contributed by atoms with Gasteiger partial charge in [0, 0.05) is 0 Å². The molecule has 1 aliphatic rings. The first-order valence-corrected chi connectivity index (χ1v) is 6.85. The van der Waals surface area contributed by atoms with E-state index in [2.05, 4.69) is 10.3 Å². The van der Waals surface area contributed by atoms with Crippen molar-refractivity contribution < 1.29 is 14.6 Å². The molecule has 6 nitrogen and oxygen atoms in total. The Labute approximate surface area is 112 Å². The minimum atomic E-state index is -0.720. The monoisotopic (exact) mass is 267 g/mol. The highest BCUT2D eigenvalue weighted by Crippen LogP contribution is 2.29. The van der Waals surface area contributed by atoms with Crippen molar-refractivity contribution in [1.29, 1.82) is 0 Å². The Balaban J connectivity index is 2.11. The van der Waals surface area contributed by atoms with Crippen LogP contribution in [0.25, 0.3) is 0 Å². The lowest BCUT2D eigenvalue weighted by Gasteiger charge is -2.31. The number of nitrogens with zero attached hydrogens (tertiary/aromatic N) is 3. The molecule has 1 heterocycles. The van der Waals surface area contributed by atoms with Crippen molar-refractivity contribution >= 4 is 5.97 Å². The van der Waals surface area contributed by atoms with Gasteiger partial charge in [0.05, 0.1) is 24.4 Å². The third-order valence-corrected chi connectivity index (χ3v) is 3.68. The van der Waals surface area contributed by atoms with Crippen molar-refractivity contribution in [3.8, 4) is 0 Å². The standard InChI is InChI=1S/C13H21N3O3/c1-3-19-12(17)11-10(2)16(15-14-11)9-13(18)7-5-4-6-8-13/h18H,3-9H2,1-2H3. The van der Waals surface area contributed by atoms with Gasteiger partial charge in [0.1, 0.15) is 0 Å². The first-order chi connectivity index (χ1) is 9.06. The first kappa shape index (κ1) is 14.0. The van der Waals surface area contributed by atoms with Crippen LogP contribution in [-0.2, 0) is 11.3 Å². The maximum atomic E-state index is 11.7. The Bertz CT molecular complexity index is 450. The quantitative estimate of drug-likeness (QED) is 0.836. The molecule has 6 heteroatoms. The fourth-order valence-corrected chi connectivity index (χ4v) is 2.55. The van der Waals surface area contributed by atoms with Crippen LogP contribution in [0.4, 0.5) is 0 Å². The number of carbonyl (C=O) groups is 1. The molecule has 1 saturated carbocycles. The van der Waals surface area contributed by atoms with Crippen molar-refractivity contribution in [3.05, 3.63) is 11.4 Å².